The molecule has 0 aliphatic heterocycles. The van der Waals surface area contributed by atoms with E-state index >= 15 is 0 Å². The van der Waals surface area contributed by atoms with Crippen LogP contribution < -0.4 is 21.5 Å². The highest BCUT2D eigenvalue weighted by Gasteiger charge is 2.16. The molecule has 0 atom stereocenters. The van der Waals surface area contributed by atoms with Crippen LogP contribution in [-0.2, 0) is 17.8 Å². The first-order valence-electron chi connectivity index (χ1n) is 17.0. The van der Waals surface area contributed by atoms with Gasteiger partial charge in [-0.1, -0.05) is 73.3 Å². The fourth-order valence-corrected chi connectivity index (χ4v) is 5.66. The highest BCUT2D eigenvalue weighted by Crippen LogP contribution is 2.30. The number of carbonyl (C=O) groups excluding carboxylic acids is 2. The van der Waals surface area contributed by atoms with Crippen molar-refractivity contribution in [1.82, 2.24) is 25.0 Å². The van der Waals surface area contributed by atoms with E-state index in [0.717, 1.165) is 67.1 Å². The molecular weight excluding hydrogens is 658 g/mol. The first-order chi connectivity index (χ1) is 24.2. The number of benzene rings is 2. The molecule has 0 saturated heterocycles. The number of aryl methyl sites for hydroxylation is 2. The van der Waals surface area contributed by atoms with Gasteiger partial charge in [0.05, 0.1) is 23.5 Å². The van der Waals surface area contributed by atoms with Crippen LogP contribution in [0.5, 0.6) is 5.75 Å². The predicted molar refractivity (Wildman–Crippen MR) is 198 cm³/mol. The second kappa shape index (κ2) is 19.4. The quantitative estimate of drug-likeness (QED) is 0.0799. The molecular formula is C37H46ClN7O5. The number of likely N-dealkylation sites (N-methyl/N-ethyl adjacent to an activating group) is 1. The molecule has 0 saturated carbocycles. The van der Waals surface area contributed by atoms with Crippen molar-refractivity contribution in [2.75, 3.05) is 43.9 Å². The van der Waals surface area contributed by atoms with Gasteiger partial charge < -0.3 is 31.1 Å². The minimum absolute atomic E-state index is 0.00281. The van der Waals surface area contributed by atoms with Crippen molar-refractivity contribution in [3.8, 4) is 28.1 Å². The number of hydrogen-bond donors (Lipinski definition) is 5. The molecule has 12 nitrogen and oxygen atoms in total. The van der Waals surface area contributed by atoms with Crippen molar-refractivity contribution >= 4 is 34.9 Å². The Bertz CT molecular complexity index is 1780. The van der Waals surface area contributed by atoms with Crippen LogP contribution in [-0.4, -0.2) is 75.1 Å². The van der Waals surface area contributed by atoms with E-state index in [1.165, 1.54) is 16.9 Å². The van der Waals surface area contributed by atoms with Crippen LogP contribution in [0.15, 0.2) is 71.8 Å². The number of anilines is 2. The number of urea groups is 1. The topological polar surface area (TPSA) is 162 Å². The largest absolute Gasteiger partial charge is 0.504 e. The van der Waals surface area contributed by atoms with Crippen molar-refractivity contribution < 1.29 is 19.8 Å². The zero-order valence-corrected chi connectivity index (χ0v) is 29.4. The molecule has 2 heterocycles. The first-order valence-corrected chi connectivity index (χ1v) is 17.3. The van der Waals surface area contributed by atoms with Gasteiger partial charge >= 0.3 is 6.03 Å². The standard InChI is InChI=1S/C37H46ClN7O5/c1-3-45-36(49)32(41-37(50)42-35-30(38)24-39-25-33(35)47)23-31(43-45)29-14-10-13-28(22-29)27-12-9-11-26(21-27)15-16-34(48)40-17-7-5-4-6-8-18-44(2)19-20-46/h9-14,21-25,46-47H,3-8,15-20H2,1-2H3,(H,40,48)(H2,39,41,42,50). The van der Waals surface area contributed by atoms with E-state index in [2.05, 4.69) is 37.0 Å². The molecule has 4 rings (SSSR count). The molecule has 0 radical (unpaired) electrons. The molecule has 3 amide bonds. The molecule has 0 unspecified atom stereocenters. The van der Waals surface area contributed by atoms with E-state index in [4.69, 9.17) is 16.7 Å². The number of rotatable bonds is 18. The molecule has 13 heteroatoms. The first kappa shape index (κ1) is 38.0. The minimum atomic E-state index is -0.769. The summed E-state index contributed by atoms with van der Waals surface area (Å²) in [5, 5.41) is 31.6. The molecule has 4 aromatic rings. The number of carbonyl (C=O) groups is 2. The van der Waals surface area contributed by atoms with E-state index in [-0.39, 0.29) is 41.2 Å². The number of aromatic nitrogens is 3. The van der Waals surface area contributed by atoms with E-state index in [9.17, 15) is 19.5 Å². The lowest BCUT2D eigenvalue weighted by atomic mass is 9.98. The Morgan fingerprint density at radius 1 is 0.920 bits per heavy atom. The van der Waals surface area contributed by atoms with Gasteiger partial charge in [-0.15, -0.1) is 0 Å². The third-order valence-corrected chi connectivity index (χ3v) is 8.51. The number of unbranched alkanes of at least 4 members (excludes halogenated alkanes) is 4. The lowest BCUT2D eigenvalue weighted by Gasteiger charge is -2.14. The van der Waals surface area contributed by atoms with Gasteiger partial charge in [0.15, 0.2) is 5.75 Å². The predicted octanol–water partition coefficient (Wildman–Crippen LogP) is 5.92. The summed E-state index contributed by atoms with van der Waals surface area (Å²) in [5.41, 5.74) is 3.65. The van der Waals surface area contributed by atoms with Gasteiger partial charge in [-0.2, -0.15) is 5.10 Å². The van der Waals surface area contributed by atoms with Crippen LogP contribution in [0.1, 0.15) is 51.0 Å². The van der Waals surface area contributed by atoms with Crippen molar-refractivity contribution in [2.45, 2.75) is 58.4 Å². The average molecular weight is 704 g/mol. The van der Waals surface area contributed by atoms with Crippen LogP contribution in [0.2, 0.25) is 5.02 Å². The zero-order chi connectivity index (χ0) is 35.9. The van der Waals surface area contributed by atoms with E-state index < -0.39 is 11.6 Å². The summed E-state index contributed by atoms with van der Waals surface area (Å²) in [6.45, 7) is 4.64. The van der Waals surface area contributed by atoms with Gasteiger partial charge in [0, 0.05) is 37.8 Å². The number of amides is 3. The number of nitrogens with zero attached hydrogens (tertiary/aromatic N) is 4. The van der Waals surface area contributed by atoms with Gasteiger partial charge in [-0.05, 0) is 68.6 Å². The Kier molecular flexibility index (Phi) is 14.8. The highest BCUT2D eigenvalue weighted by molar-refractivity contribution is 6.34. The van der Waals surface area contributed by atoms with Crippen LogP contribution in [0.3, 0.4) is 0 Å². The van der Waals surface area contributed by atoms with Crippen LogP contribution >= 0.6 is 11.6 Å². The number of aliphatic hydroxyl groups excluding tert-OH is 1. The maximum Gasteiger partial charge on any atom is 0.323 e. The Morgan fingerprint density at radius 3 is 2.40 bits per heavy atom. The zero-order valence-electron chi connectivity index (χ0n) is 28.6. The van der Waals surface area contributed by atoms with Gasteiger partial charge in [0.1, 0.15) is 11.4 Å². The van der Waals surface area contributed by atoms with Crippen molar-refractivity contribution in [1.29, 1.82) is 0 Å². The third-order valence-electron chi connectivity index (χ3n) is 8.22. The Hall–Kier alpha value is -4.78. The molecule has 266 valence electrons. The van der Waals surface area contributed by atoms with Gasteiger partial charge in [0.2, 0.25) is 5.91 Å². The molecule has 0 aliphatic rings. The third kappa shape index (κ3) is 11.4. The van der Waals surface area contributed by atoms with Crippen LogP contribution in [0, 0.1) is 0 Å². The smallest absolute Gasteiger partial charge is 0.323 e. The SMILES string of the molecule is CCn1nc(-c2cccc(-c3cccc(CCC(=O)NCCCCCCCN(C)CCO)c3)c2)cc(NC(=O)Nc2c(O)cncc2Cl)c1=O. The van der Waals surface area contributed by atoms with E-state index in [1.54, 1.807) is 6.92 Å². The molecule has 50 heavy (non-hydrogen) atoms. The van der Waals surface area contributed by atoms with Crippen molar-refractivity contribution in [3.63, 3.8) is 0 Å². The fourth-order valence-electron chi connectivity index (χ4n) is 5.46. The lowest BCUT2D eigenvalue weighted by molar-refractivity contribution is -0.121. The maximum absolute atomic E-state index is 13.0. The van der Waals surface area contributed by atoms with E-state index in [0.29, 0.717) is 31.6 Å². The fraction of sp³-hybridized carbons (Fsp3) is 0.378. The van der Waals surface area contributed by atoms with Crippen molar-refractivity contribution in [2.24, 2.45) is 0 Å². The van der Waals surface area contributed by atoms with Crippen LogP contribution in [0.4, 0.5) is 16.2 Å². The Morgan fingerprint density at radius 2 is 1.64 bits per heavy atom. The summed E-state index contributed by atoms with van der Waals surface area (Å²) in [4.78, 5) is 44.2. The Balaban J connectivity index is 1.34. The molecule has 5 N–H and O–H groups in total. The molecule has 2 aromatic heterocycles. The van der Waals surface area contributed by atoms with Gasteiger partial charge in [-0.25, -0.2) is 9.48 Å². The number of halogens is 1. The molecule has 0 spiro atoms. The molecule has 0 aliphatic carbocycles. The molecule has 2 aromatic carbocycles. The summed E-state index contributed by atoms with van der Waals surface area (Å²) in [5.74, 6) is -0.273. The summed E-state index contributed by atoms with van der Waals surface area (Å²) < 4.78 is 1.27. The van der Waals surface area contributed by atoms with Gasteiger partial charge in [-0.3, -0.25) is 14.6 Å². The second-order valence-electron chi connectivity index (χ2n) is 12.1. The van der Waals surface area contributed by atoms with E-state index in [1.807, 2.05) is 49.5 Å². The normalized spacial score (nSPS) is 11.1. The number of aromatic hydroxyl groups is 1. The number of nitrogens with one attached hydrogen (secondary N) is 3. The lowest BCUT2D eigenvalue weighted by Crippen LogP contribution is -2.29. The number of aliphatic hydroxyl groups is 1. The number of hydrogen-bond acceptors (Lipinski definition) is 8. The second-order valence-corrected chi connectivity index (χ2v) is 12.5. The average Bonchev–Trinajstić information content (AvgIpc) is 3.11. The van der Waals surface area contributed by atoms with Gasteiger partial charge in [0.25, 0.3) is 5.56 Å². The van der Waals surface area contributed by atoms with Crippen LogP contribution in [0.25, 0.3) is 22.4 Å². The summed E-state index contributed by atoms with van der Waals surface area (Å²) in [6, 6.07) is 16.5. The molecule has 0 fully saturated rings. The highest BCUT2D eigenvalue weighted by atomic mass is 35.5. The summed E-state index contributed by atoms with van der Waals surface area (Å²) in [6.07, 6.45) is 8.89. The Labute approximate surface area is 297 Å². The van der Waals surface area contributed by atoms with Crippen molar-refractivity contribution in [3.05, 3.63) is 87.9 Å². The summed E-state index contributed by atoms with van der Waals surface area (Å²) >= 11 is 6.06. The molecule has 0 bridgehead atoms. The maximum atomic E-state index is 13.0. The monoisotopic (exact) mass is 703 g/mol. The number of pyridine rings is 1. The summed E-state index contributed by atoms with van der Waals surface area (Å²) in [7, 11) is 2.02. The minimum Gasteiger partial charge on any atom is -0.504 e.